The van der Waals surface area contributed by atoms with E-state index < -0.39 is 11.4 Å². The number of carboxylic acid groups (broad SMARTS) is 1. The fraction of sp³-hybridized carbons (Fsp3) is 0.500. The number of halogens is 1. The topological polar surface area (TPSA) is 55.8 Å². The maximum atomic E-state index is 11.7. The molecule has 104 valence electrons. The summed E-state index contributed by atoms with van der Waals surface area (Å²) in [5.41, 5.74) is -0.270. The molecule has 0 amide bonds. The maximum Gasteiger partial charge on any atom is 0.314 e. The van der Waals surface area contributed by atoms with Crippen molar-refractivity contribution in [2.24, 2.45) is 0 Å². The van der Waals surface area contributed by atoms with Crippen LogP contribution >= 0.6 is 11.6 Å². The van der Waals surface area contributed by atoms with Crippen LogP contribution in [0.4, 0.5) is 0 Å². The first-order valence-electron chi connectivity index (χ1n) is 6.20. The van der Waals surface area contributed by atoms with Gasteiger partial charge in [-0.05, 0) is 24.5 Å². The van der Waals surface area contributed by atoms with E-state index in [1.807, 2.05) is 0 Å². The van der Waals surface area contributed by atoms with Gasteiger partial charge in [-0.1, -0.05) is 24.4 Å². The Morgan fingerprint density at radius 3 is 2.21 bits per heavy atom. The number of methoxy groups -OCH3 is 2. The number of aliphatic carboxylic acids is 1. The van der Waals surface area contributed by atoms with Crippen molar-refractivity contribution < 1.29 is 19.4 Å². The molecule has 19 heavy (non-hydrogen) atoms. The zero-order valence-electron chi connectivity index (χ0n) is 11.0. The summed E-state index contributed by atoms with van der Waals surface area (Å²) in [6.07, 6.45) is 3.02. The highest BCUT2D eigenvalue weighted by Crippen LogP contribution is 2.47. The van der Waals surface area contributed by atoms with Gasteiger partial charge in [0.1, 0.15) is 0 Å². The van der Waals surface area contributed by atoms with E-state index in [2.05, 4.69) is 0 Å². The summed E-state index contributed by atoms with van der Waals surface area (Å²) in [7, 11) is 3.05. The van der Waals surface area contributed by atoms with Crippen LogP contribution in [0.2, 0.25) is 5.02 Å². The smallest absolute Gasteiger partial charge is 0.314 e. The molecular formula is C14H17ClO4. The van der Waals surface area contributed by atoms with Crippen LogP contribution in [0.3, 0.4) is 0 Å². The lowest BCUT2D eigenvalue weighted by Crippen LogP contribution is -2.33. The van der Waals surface area contributed by atoms with E-state index in [0.717, 1.165) is 12.8 Å². The van der Waals surface area contributed by atoms with Crippen molar-refractivity contribution in [2.75, 3.05) is 14.2 Å². The van der Waals surface area contributed by atoms with Crippen LogP contribution < -0.4 is 9.47 Å². The molecule has 1 aliphatic carbocycles. The molecule has 0 unspecified atom stereocenters. The summed E-state index contributed by atoms with van der Waals surface area (Å²) in [5.74, 6) is 0.198. The molecule has 1 fully saturated rings. The molecule has 1 N–H and O–H groups in total. The van der Waals surface area contributed by atoms with E-state index in [9.17, 15) is 9.90 Å². The van der Waals surface area contributed by atoms with Crippen molar-refractivity contribution >= 4 is 17.6 Å². The predicted octanol–water partition coefficient (Wildman–Crippen LogP) is 3.25. The zero-order valence-corrected chi connectivity index (χ0v) is 11.8. The minimum absolute atomic E-state index is 0.418. The average molecular weight is 285 g/mol. The average Bonchev–Trinajstić information content (AvgIpc) is 2.88. The lowest BCUT2D eigenvalue weighted by molar-refractivity contribution is -0.143. The summed E-state index contributed by atoms with van der Waals surface area (Å²) < 4.78 is 10.4. The molecule has 4 nitrogen and oxygen atoms in total. The van der Waals surface area contributed by atoms with E-state index in [-0.39, 0.29) is 0 Å². The highest BCUT2D eigenvalue weighted by atomic mass is 35.5. The largest absolute Gasteiger partial charge is 0.493 e. The standard InChI is InChI=1S/C14H17ClO4/c1-18-11-7-9(10(15)8-12(11)19-2)14(13(16)17)5-3-4-6-14/h7-8H,3-6H2,1-2H3,(H,16,17). The number of hydrogen-bond acceptors (Lipinski definition) is 3. The third-order valence-corrected chi connectivity index (χ3v) is 4.17. The summed E-state index contributed by atoms with van der Waals surface area (Å²) in [4.78, 5) is 11.7. The van der Waals surface area contributed by atoms with Crippen molar-refractivity contribution in [3.8, 4) is 11.5 Å². The molecule has 0 aliphatic heterocycles. The third-order valence-electron chi connectivity index (χ3n) is 3.86. The Labute approximate surface area is 117 Å². The molecule has 0 atom stereocenters. The second-order valence-corrected chi connectivity index (χ2v) is 5.19. The van der Waals surface area contributed by atoms with Crippen LogP contribution in [0.25, 0.3) is 0 Å². The molecule has 0 heterocycles. The fourth-order valence-electron chi connectivity index (χ4n) is 2.80. The molecule has 1 aromatic rings. The molecule has 0 radical (unpaired) electrons. The Morgan fingerprint density at radius 1 is 1.21 bits per heavy atom. The second kappa shape index (κ2) is 5.29. The van der Waals surface area contributed by atoms with E-state index in [0.29, 0.717) is 34.9 Å². The quantitative estimate of drug-likeness (QED) is 0.922. The summed E-state index contributed by atoms with van der Waals surface area (Å²) >= 11 is 6.25. The Balaban J connectivity index is 2.57. The number of ether oxygens (including phenoxy) is 2. The predicted molar refractivity (Wildman–Crippen MR) is 72.3 cm³/mol. The number of rotatable bonds is 4. The van der Waals surface area contributed by atoms with Crippen LogP contribution in [0.1, 0.15) is 31.2 Å². The van der Waals surface area contributed by atoms with Gasteiger partial charge in [-0.2, -0.15) is 0 Å². The molecular weight excluding hydrogens is 268 g/mol. The van der Waals surface area contributed by atoms with Gasteiger partial charge in [-0.15, -0.1) is 0 Å². The molecule has 2 rings (SSSR count). The molecule has 1 aromatic carbocycles. The Kier molecular flexibility index (Phi) is 3.90. The van der Waals surface area contributed by atoms with Crippen LogP contribution in [0, 0.1) is 0 Å². The first-order chi connectivity index (χ1) is 9.05. The third kappa shape index (κ3) is 2.25. The number of hydrogen-bond donors (Lipinski definition) is 1. The lowest BCUT2D eigenvalue weighted by Gasteiger charge is -2.26. The highest BCUT2D eigenvalue weighted by molar-refractivity contribution is 6.32. The summed E-state index contributed by atoms with van der Waals surface area (Å²) in [5, 5.41) is 10.0. The molecule has 0 spiro atoms. The van der Waals surface area contributed by atoms with Gasteiger partial charge in [0, 0.05) is 11.1 Å². The molecule has 0 saturated heterocycles. The number of carbonyl (C=O) groups is 1. The Bertz CT molecular complexity index is 492. The van der Waals surface area contributed by atoms with E-state index >= 15 is 0 Å². The normalized spacial score (nSPS) is 17.2. The molecule has 5 heteroatoms. The monoisotopic (exact) mass is 284 g/mol. The van der Waals surface area contributed by atoms with E-state index in [1.165, 1.54) is 14.2 Å². The van der Waals surface area contributed by atoms with Gasteiger partial charge < -0.3 is 14.6 Å². The van der Waals surface area contributed by atoms with E-state index in [4.69, 9.17) is 21.1 Å². The molecule has 1 aliphatic rings. The summed E-state index contributed by atoms with van der Waals surface area (Å²) in [6.45, 7) is 0. The molecule has 0 bridgehead atoms. The van der Waals surface area contributed by atoms with Crippen molar-refractivity contribution in [3.05, 3.63) is 22.7 Å². The van der Waals surface area contributed by atoms with Gasteiger partial charge in [-0.3, -0.25) is 4.79 Å². The van der Waals surface area contributed by atoms with E-state index in [1.54, 1.807) is 12.1 Å². The van der Waals surface area contributed by atoms with Crippen LogP contribution in [0.15, 0.2) is 12.1 Å². The molecule has 0 aromatic heterocycles. The van der Waals surface area contributed by atoms with Gasteiger partial charge in [0.05, 0.1) is 19.6 Å². The van der Waals surface area contributed by atoms with Gasteiger partial charge >= 0.3 is 5.97 Å². The maximum absolute atomic E-state index is 11.7. The van der Waals surface area contributed by atoms with Gasteiger partial charge in [0.25, 0.3) is 0 Å². The minimum atomic E-state index is -0.892. The van der Waals surface area contributed by atoms with Gasteiger partial charge in [0.2, 0.25) is 0 Å². The van der Waals surface area contributed by atoms with Crippen LogP contribution in [-0.2, 0) is 10.2 Å². The van der Waals surface area contributed by atoms with Crippen LogP contribution in [-0.4, -0.2) is 25.3 Å². The van der Waals surface area contributed by atoms with Gasteiger partial charge in [-0.25, -0.2) is 0 Å². The fourth-order valence-corrected chi connectivity index (χ4v) is 3.13. The van der Waals surface area contributed by atoms with Crippen LogP contribution in [0.5, 0.6) is 11.5 Å². The second-order valence-electron chi connectivity index (χ2n) is 4.78. The zero-order chi connectivity index (χ0) is 14.0. The number of carboxylic acids is 1. The van der Waals surface area contributed by atoms with Crippen molar-refractivity contribution in [3.63, 3.8) is 0 Å². The first-order valence-corrected chi connectivity index (χ1v) is 6.58. The van der Waals surface area contributed by atoms with Crippen molar-refractivity contribution in [2.45, 2.75) is 31.1 Å². The Hall–Kier alpha value is -1.42. The SMILES string of the molecule is COc1cc(Cl)c(C2(C(=O)O)CCCC2)cc1OC. The van der Waals surface area contributed by atoms with Crippen molar-refractivity contribution in [1.82, 2.24) is 0 Å². The van der Waals surface area contributed by atoms with Gasteiger partial charge in [0.15, 0.2) is 11.5 Å². The lowest BCUT2D eigenvalue weighted by atomic mass is 9.79. The summed E-state index contributed by atoms with van der Waals surface area (Å²) in [6, 6.07) is 3.32. The van der Waals surface area contributed by atoms with Crippen molar-refractivity contribution in [1.29, 1.82) is 0 Å². The highest BCUT2D eigenvalue weighted by Gasteiger charge is 2.44. The number of benzene rings is 1. The molecule has 1 saturated carbocycles. The minimum Gasteiger partial charge on any atom is -0.493 e. The Morgan fingerprint density at radius 2 is 1.74 bits per heavy atom. The first kappa shape index (κ1) is 14.0.